The van der Waals surface area contributed by atoms with Gasteiger partial charge in [0.1, 0.15) is 0 Å². The predicted octanol–water partition coefficient (Wildman–Crippen LogP) is 2.48. The quantitative estimate of drug-likeness (QED) is 0.762. The number of aromatic nitrogens is 3. The van der Waals surface area contributed by atoms with E-state index in [1.165, 1.54) is 0 Å². The highest BCUT2D eigenvalue weighted by Crippen LogP contribution is 2.24. The summed E-state index contributed by atoms with van der Waals surface area (Å²) in [6, 6.07) is 11.0. The van der Waals surface area contributed by atoms with Crippen LogP contribution in [0.25, 0.3) is 5.65 Å². The molecule has 2 N–H and O–H groups in total. The molecule has 1 aromatic carbocycles. The van der Waals surface area contributed by atoms with Crippen molar-refractivity contribution < 1.29 is 9.90 Å². The van der Waals surface area contributed by atoms with Gasteiger partial charge in [-0.05, 0) is 19.1 Å². The first kappa shape index (κ1) is 12.2. The van der Waals surface area contributed by atoms with E-state index in [4.69, 9.17) is 0 Å². The molecule has 6 heteroatoms. The fourth-order valence-corrected chi connectivity index (χ4v) is 2.06. The number of hydrogen-bond acceptors (Lipinski definition) is 4. The molecule has 0 saturated carbocycles. The molecule has 0 bridgehead atoms. The maximum absolute atomic E-state index is 11.4. The Labute approximate surface area is 114 Å². The van der Waals surface area contributed by atoms with Crippen molar-refractivity contribution in [3.8, 4) is 0 Å². The van der Waals surface area contributed by atoms with Crippen molar-refractivity contribution in [3.63, 3.8) is 0 Å². The summed E-state index contributed by atoms with van der Waals surface area (Å²) in [6.07, 6.45) is 1.59. The molecule has 6 nitrogen and oxygen atoms in total. The minimum atomic E-state index is -1.07. The second-order valence-electron chi connectivity index (χ2n) is 4.32. The Bertz CT molecular complexity index is 780. The Balaban J connectivity index is 2.19. The van der Waals surface area contributed by atoms with Gasteiger partial charge in [0.2, 0.25) is 0 Å². The van der Waals surface area contributed by atoms with E-state index in [1.807, 2.05) is 30.3 Å². The number of carbonyl (C=O) groups is 1. The van der Waals surface area contributed by atoms with E-state index in [2.05, 4.69) is 15.4 Å². The minimum absolute atomic E-state index is 0.0145. The minimum Gasteiger partial charge on any atom is -0.476 e. The van der Waals surface area contributed by atoms with E-state index < -0.39 is 5.97 Å². The maximum Gasteiger partial charge on any atom is 0.356 e. The van der Waals surface area contributed by atoms with Gasteiger partial charge in [0, 0.05) is 11.8 Å². The molecule has 0 fully saturated rings. The Morgan fingerprint density at radius 2 is 2.00 bits per heavy atom. The molecule has 0 spiro atoms. The molecule has 100 valence electrons. The van der Waals surface area contributed by atoms with E-state index in [1.54, 1.807) is 23.7 Å². The lowest BCUT2D eigenvalue weighted by Gasteiger charge is -2.13. The first-order chi connectivity index (χ1) is 9.66. The first-order valence-electron chi connectivity index (χ1n) is 6.06. The summed E-state index contributed by atoms with van der Waals surface area (Å²) in [5.41, 5.74) is 2.44. The molecule has 2 heterocycles. The number of nitrogens with zero attached hydrogens (tertiary/aromatic N) is 3. The largest absolute Gasteiger partial charge is 0.476 e. The fourth-order valence-electron chi connectivity index (χ4n) is 2.06. The number of fused-ring (bicyclic) bond motifs is 1. The number of para-hydroxylation sites is 1. The zero-order valence-electron chi connectivity index (χ0n) is 10.7. The van der Waals surface area contributed by atoms with Crippen LogP contribution in [-0.2, 0) is 0 Å². The number of rotatable bonds is 3. The molecule has 0 aliphatic rings. The molecule has 0 radical (unpaired) electrons. The van der Waals surface area contributed by atoms with E-state index >= 15 is 0 Å². The van der Waals surface area contributed by atoms with Crippen LogP contribution in [-0.4, -0.2) is 25.7 Å². The highest BCUT2D eigenvalue weighted by molar-refractivity contribution is 5.94. The van der Waals surface area contributed by atoms with Gasteiger partial charge < -0.3 is 10.4 Å². The Hall–Kier alpha value is -2.89. The van der Waals surface area contributed by atoms with Gasteiger partial charge in [-0.1, -0.05) is 18.2 Å². The Morgan fingerprint density at radius 3 is 2.70 bits per heavy atom. The zero-order valence-corrected chi connectivity index (χ0v) is 10.7. The van der Waals surface area contributed by atoms with E-state index in [-0.39, 0.29) is 5.69 Å². The lowest BCUT2D eigenvalue weighted by atomic mass is 10.2. The van der Waals surface area contributed by atoms with Gasteiger partial charge in [0.05, 0.1) is 17.6 Å². The SMILES string of the molecule is Cc1c(Nc2ccccc2)c(C(=O)O)nc2ccnn12. The maximum atomic E-state index is 11.4. The van der Waals surface area contributed by atoms with Crippen molar-refractivity contribution in [2.75, 3.05) is 5.32 Å². The van der Waals surface area contributed by atoms with Crippen LogP contribution in [0.1, 0.15) is 16.2 Å². The lowest BCUT2D eigenvalue weighted by molar-refractivity contribution is 0.0691. The smallest absolute Gasteiger partial charge is 0.356 e. The molecule has 0 aliphatic carbocycles. The van der Waals surface area contributed by atoms with Crippen LogP contribution in [0.15, 0.2) is 42.6 Å². The highest BCUT2D eigenvalue weighted by atomic mass is 16.4. The van der Waals surface area contributed by atoms with Gasteiger partial charge in [-0.3, -0.25) is 0 Å². The number of anilines is 2. The predicted molar refractivity (Wildman–Crippen MR) is 74.4 cm³/mol. The van der Waals surface area contributed by atoms with Crippen molar-refractivity contribution in [3.05, 3.63) is 54.0 Å². The molecule has 0 amide bonds. The summed E-state index contributed by atoms with van der Waals surface area (Å²) < 4.78 is 1.61. The van der Waals surface area contributed by atoms with Crippen LogP contribution < -0.4 is 5.32 Å². The van der Waals surface area contributed by atoms with E-state index in [0.29, 0.717) is 17.0 Å². The van der Waals surface area contributed by atoms with Crippen molar-refractivity contribution >= 4 is 23.0 Å². The third-order valence-electron chi connectivity index (χ3n) is 3.01. The van der Waals surface area contributed by atoms with Gasteiger partial charge in [-0.15, -0.1) is 0 Å². The summed E-state index contributed by atoms with van der Waals surface area (Å²) in [5.74, 6) is -1.07. The summed E-state index contributed by atoms with van der Waals surface area (Å²) in [4.78, 5) is 15.5. The van der Waals surface area contributed by atoms with Gasteiger partial charge >= 0.3 is 5.97 Å². The number of carboxylic acids is 1. The van der Waals surface area contributed by atoms with Crippen molar-refractivity contribution in [2.24, 2.45) is 0 Å². The van der Waals surface area contributed by atoms with Crippen LogP contribution in [0.2, 0.25) is 0 Å². The van der Waals surface area contributed by atoms with Gasteiger partial charge in [-0.2, -0.15) is 5.10 Å². The second kappa shape index (κ2) is 4.65. The van der Waals surface area contributed by atoms with Crippen molar-refractivity contribution in [1.29, 1.82) is 0 Å². The van der Waals surface area contributed by atoms with Crippen LogP contribution >= 0.6 is 0 Å². The fraction of sp³-hybridized carbons (Fsp3) is 0.0714. The molecule has 0 aliphatic heterocycles. The number of hydrogen-bond donors (Lipinski definition) is 2. The van der Waals surface area contributed by atoms with Crippen molar-refractivity contribution in [1.82, 2.24) is 14.6 Å². The zero-order chi connectivity index (χ0) is 14.1. The number of nitrogens with one attached hydrogen (secondary N) is 1. The second-order valence-corrected chi connectivity index (χ2v) is 4.32. The molecule has 0 unspecified atom stereocenters. The molecular weight excluding hydrogens is 256 g/mol. The number of aryl methyl sites for hydroxylation is 1. The van der Waals surface area contributed by atoms with Crippen LogP contribution in [0.4, 0.5) is 11.4 Å². The van der Waals surface area contributed by atoms with Gasteiger partial charge in [0.25, 0.3) is 0 Å². The third-order valence-corrected chi connectivity index (χ3v) is 3.01. The first-order valence-corrected chi connectivity index (χ1v) is 6.06. The van der Waals surface area contributed by atoms with Crippen LogP contribution in [0, 0.1) is 6.92 Å². The summed E-state index contributed by atoms with van der Waals surface area (Å²) in [6.45, 7) is 1.80. The molecule has 20 heavy (non-hydrogen) atoms. The standard InChI is InChI=1S/C14H12N4O2/c1-9-12(16-10-5-3-2-4-6-10)13(14(19)20)17-11-7-8-15-18(9)11/h2-8,16H,1H3,(H,19,20). The van der Waals surface area contributed by atoms with E-state index in [9.17, 15) is 9.90 Å². The molecule has 2 aromatic heterocycles. The average Bonchev–Trinajstić information content (AvgIpc) is 2.91. The summed E-state index contributed by atoms with van der Waals surface area (Å²) >= 11 is 0. The van der Waals surface area contributed by atoms with Gasteiger partial charge in [-0.25, -0.2) is 14.3 Å². The summed E-state index contributed by atoms with van der Waals surface area (Å²) in [5, 5.41) is 16.6. The Kier molecular flexibility index (Phi) is 2.83. The molecule has 3 rings (SSSR count). The topological polar surface area (TPSA) is 79.5 Å². The lowest BCUT2D eigenvalue weighted by Crippen LogP contribution is -2.11. The van der Waals surface area contributed by atoms with Crippen molar-refractivity contribution in [2.45, 2.75) is 6.92 Å². The number of carboxylic acid groups (broad SMARTS) is 1. The monoisotopic (exact) mass is 268 g/mol. The van der Waals surface area contributed by atoms with Crippen LogP contribution in [0.5, 0.6) is 0 Å². The summed E-state index contributed by atoms with van der Waals surface area (Å²) in [7, 11) is 0. The highest BCUT2D eigenvalue weighted by Gasteiger charge is 2.18. The van der Waals surface area contributed by atoms with E-state index in [0.717, 1.165) is 5.69 Å². The molecule has 0 atom stereocenters. The molecular formula is C14H12N4O2. The molecule has 3 aromatic rings. The number of benzene rings is 1. The normalized spacial score (nSPS) is 10.7. The van der Waals surface area contributed by atoms with Gasteiger partial charge in [0.15, 0.2) is 11.3 Å². The van der Waals surface area contributed by atoms with Crippen LogP contribution in [0.3, 0.4) is 0 Å². The Morgan fingerprint density at radius 1 is 1.25 bits per heavy atom. The molecule has 0 saturated heterocycles. The number of aromatic carboxylic acids is 1. The third kappa shape index (κ3) is 1.97. The average molecular weight is 268 g/mol.